The molecular weight excluding hydrogens is 281 g/mol. The first-order valence-corrected chi connectivity index (χ1v) is 6.56. The molecule has 5 nitrogen and oxygen atoms in total. The minimum Gasteiger partial charge on any atom is -0.353 e. The highest BCUT2D eigenvalue weighted by atomic mass is 32.1. The maximum atomic E-state index is 13.8. The Morgan fingerprint density at radius 3 is 2.85 bits per heavy atom. The first kappa shape index (κ1) is 12.5. The Bertz CT molecular complexity index is 803. The number of halogens is 1. The normalized spacial score (nSPS) is 10.7. The van der Waals surface area contributed by atoms with Gasteiger partial charge in [-0.25, -0.2) is 9.37 Å². The number of thiazole rings is 1. The van der Waals surface area contributed by atoms with Crippen LogP contribution in [0.25, 0.3) is 10.2 Å². The SMILES string of the molecule is O=[N+]([O-])c1ccc(Nc2ccc3ncsc3c2)c(F)c1. The highest BCUT2D eigenvalue weighted by Gasteiger charge is 2.11. The zero-order chi connectivity index (χ0) is 14.1. The molecule has 1 heterocycles. The van der Waals surface area contributed by atoms with Crippen LogP contribution in [0.1, 0.15) is 0 Å². The van der Waals surface area contributed by atoms with Crippen LogP contribution in [0.4, 0.5) is 21.5 Å². The standard InChI is InChI=1S/C13H8FN3O2S/c14-10-6-9(17(18)19)2-4-11(10)16-8-1-3-12-13(5-8)20-7-15-12/h1-7,16H. The molecule has 3 rings (SSSR count). The van der Waals surface area contributed by atoms with Gasteiger partial charge in [0, 0.05) is 11.8 Å². The minimum atomic E-state index is -0.663. The van der Waals surface area contributed by atoms with Crippen LogP contribution in [0.5, 0.6) is 0 Å². The Hall–Kier alpha value is -2.54. The van der Waals surface area contributed by atoms with Crippen LogP contribution < -0.4 is 5.32 Å². The summed E-state index contributed by atoms with van der Waals surface area (Å²) in [4.78, 5) is 14.1. The van der Waals surface area contributed by atoms with E-state index in [0.29, 0.717) is 5.69 Å². The molecular formula is C13H8FN3O2S. The summed E-state index contributed by atoms with van der Waals surface area (Å²) in [6, 6.07) is 8.97. The number of hydrogen-bond acceptors (Lipinski definition) is 5. The highest BCUT2D eigenvalue weighted by Crippen LogP contribution is 2.27. The Morgan fingerprint density at radius 2 is 2.10 bits per heavy atom. The molecule has 0 amide bonds. The van der Waals surface area contributed by atoms with E-state index in [1.165, 1.54) is 23.5 Å². The summed E-state index contributed by atoms with van der Waals surface area (Å²) in [6.07, 6.45) is 0. The fourth-order valence-corrected chi connectivity index (χ4v) is 2.52. The number of nitro groups is 1. The first-order valence-electron chi connectivity index (χ1n) is 5.68. The number of fused-ring (bicyclic) bond motifs is 1. The van der Waals surface area contributed by atoms with E-state index in [1.54, 1.807) is 11.6 Å². The molecule has 1 aromatic heterocycles. The molecule has 20 heavy (non-hydrogen) atoms. The van der Waals surface area contributed by atoms with Crippen LogP contribution in [0.2, 0.25) is 0 Å². The molecule has 3 aromatic rings. The van der Waals surface area contributed by atoms with Crippen LogP contribution in [0.15, 0.2) is 41.9 Å². The maximum absolute atomic E-state index is 13.8. The molecule has 0 unspecified atom stereocenters. The van der Waals surface area contributed by atoms with Crippen molar-refractivity contribution in [2.45, 2.75) is 0 Å². The van der Waals surface area contributed by atoms with Crippen molar-refractivity contribution in [2.24, 2.45) is 0 Å². The summed E-state index contributed by atoms with van der Waals surface area (Å²) >= 11 is 1.49. The van der Waals surface area contributed by atoms with Gasteiger partial charge in [0.1, 0.15) is 0 Å². The predicted octanol–water partition coefficient (Wildman–Crippen LogP) is 4.09. The van der Waals surface area contributed by atoms with Gasteiger partial charge in [0.05, 0.1) is 32.4 Å². The molecule has 0 spiro atoms. The maximum Gasteiger partial charge on any atom is 0.272 e. The van der Waals surface area contributed by atoms with Crippen LogP contribution in [0.3, 0.4) is 0 Å². The molecule has 100 valence electrons. The smallest absolute Gasteiger partial charge is 0.272 e. The molecule has 0 radical (unpaired) electrons. The summed E-state index contributed by atoms with van der Waals surface area (Å²) in [6.45, 7) is 0. The van der Waals surface area contributed by atoms with Gasteiger partial charge in [-0.3, -0.25) is 10.1 Å². The van der Waals surface area contributed by atoms with Crippen molar-refractivity contribution in [1.29, 1.82) is 0 Å². The third-order valence-electron chi connectivity index (χ3n) is 2.77. The number of rotatable bonds is 3. The van der Waals surface area contributed by atoms with Gasteiger partial charge in [-0.05, 0) is 24.3 Å². The predicted molar refractivity (Wildman–Crippen MR) is 76.0 cm³/mol. The van der Waals surface area contributed by atoms with Gasteiger partial charge in [0.15, 0.2) is 5.82 Å². The van der Waals surface area contributed by atoms with Gasteiger partial charge >= 0.3 is 0 Å². The van der Waals surface area contributed by atoms with Crippen LogP contribution >= 0.6 is 11.3 Å². The second kappa shape index (κ2) is 4.86. The van der Waals surface area contributed by atoms with Crippen molar-refractivity contribution in [3.8, 4) is 0 Å². The lowest BCUT2D eigenvalue weighted by Gasteiger charge is -2.07. The molecule has 0 aliphatic rings. The van der Waals surface area contributed by atoms with Crippen molar-refractivity contribution >= 4 is 38.6 Å². The van der Waals surface area contributed by atoms with Gasteiger partial charge in [-0.15, -0.1) is 11.3 Å². The highest BCUT2D eigenvalue weighted by molar-refractivity contribution is 7.16. The fourth-order valence-electron chi connectivity index (χ4n) is 1.81. The molecule has 0 saturated heterocycles. The number of benzene rings is 2. The van der Waals surface area contributed by atoms with E-state index >= 15 is 0 Å². The minimum absolute atomic E-state index is 0.194. The van der Waals surface area contributed by atoms with Crippen molar-refractivity contribution in [1.82, 2.24) is 4.98 Å². The lowest BCUT2D eigenvalue weighted by Crippen LogP contribution is -1.95. The summed E-state index contributed by atoms with van der Waals surface area (Å²) < 4.78 is 14.8. The number of aromatic nitrogens is 1. The summed E-state index contributed by atoms with van der Waals surface area (Å²) in [5.41, 5.74) is 3.24. The van der Waals surface area contributed by atoms with Crippen molar-refractivity contribution < 1.29 is 9.31 Å². The Kier molecular flexibility index (Phi) is 3.03. The Labute approximate surface area is 116 Å². The summed E-state index contributed by atoms with van der Waals surface area (Å²) in [5.74, 6) is -0.663. The van der Waals surface area contributed by atoms with E-state index in [4.69, 9.17) is 0 Å². The monoisotopic (exact) mass is 289 g/mol. The number of non-ortho nitro benzene ring substituents is 1. The van der Waals surface area contributed by atoms with E-state index < -0.39 is 10.7 Å². The van der Waals surface area contributed by atoms with Gasteiger partial charge in [-0.1, -0.05) is 0 Å². The Balaban J connectivity index is 1.92. The summed E-state index contributed by atoms with van der Waals surface area (Å²) in [5, 5.41) is 13.5. The molecule has 0 bridgehead atoms. The molecule has 7 heteroatoms. The molecule has 0 atom stereocenters. The lowest BCUT2D eigenvalue weighted by molar-refractivity contribution is -0.385. The zero-order valence-electron chi connectivity index (χ0n) is 10.0. The second-order valence-electron chi connectivity index (χ2n) is 4.08. The van der Waals surface area contributed by atoms with E-state index in [-0.39, 0.29) is 11.4 Å². The molecule has 0 aliphatic carbocycles. The third-order valence-corrected chi connectivity index (χ3v) is 3.57. The molecule has 2 aromatic carbocycles. The van der Waals surface area contributed by atoms with Crippen LogP contribution in [-0.4, -0.2) is 9.91 Å². The zero-order valence-corrected chi connectivity index (χ0v) is 10.9. The molecule has 1 N–H and O–H groups in total. The average molecular weight is 289 g/mol. The Morgan fingerprint density at radius 1 is 1.25 bits per heavy atom. The molecule has 0 fully saturated rings. The van der Waals surface area contributed by atoms with E-state index in [2.05, 4.69) is 10.3 Å². The number of anilines is 2. The summed E-state index contributed by atoms with van der Waals surface area (Å²) in [7, 11) is 0. The van der Waals surface area contributed by atoms with Crippen LogP contribution in [0, 0.1) is 15.9 Å². The van der Waals surface area contributed by atoms with Crippen molar-refractivity contribution in [2.75, 3.05) is 5.32 Å². The number of nitrogens with one attached hydrogen (secondary N) is 1. The number of nitro benzene ring substituents is 1. The average Bonchev–Trinajstić information content (AvgIpc) is 2.88. The quantitative estimate of drug-likeness (QED) is 0.582. The van der Waals surface area contributed by atoms with Gasteiger partial charge in [0.2, 0.25) is 0 Å². The molecule has 0 aliphatic heterocycles. The van der Waals surface area contributed by atoms with Crippen molar-refractivity contribution in [3.63, 3.8) is 0 Å². The van der Waals surface area contributed by atoms with E-state index in [1.807, 2.05) is 12.1 Å². The largest absolute Gasteiger partial charge is 0.353 e. The fraction of sp³-hybridized carbons (Fsp3) is 0. The third kappa shape index (κ3) is 2.30. The van der Waals surface area contributed by atoms with Crippen LogP contribution in [-0.2, 0) is 0 Å². The van der Waals surface area contributed by atoms with E-state index in [0.717, 1.165) is 16.3 Å². The second-order valence-corrected chi connectivity index (χ2v) is 4.97. The van der Waals surface area contributed by atoms with Crippen molar-refractivity contribution in [3.05, 3.63) is 57.8 Å². The van der Waals surface area contributed by atoms with Gasteiger partial charge < -0.3 is 5.32 Å². The van der Waals surface area contributed by atoms with Gasteiger partial charge in [0.25, 0.3) is 5.69 Å². The first-order chi connectivity index (χ1) is 9.63. The molecule has 0 saturated carbocycles. The van der Waals surface area contributed by atoms with E-state index in [9.17, 15) is 14.5 Å². The number of hydrogen-bond donors (Lipinski definition) is 1. The lowest BCUT2D eigenvalue weighted by atomic mass is 10.2. The van der Waals surface area contributed by atoms with Gasteiger partial charge in [-0.2, -0.15) is 0 Å². The number of nitrogens with zero attached hydrogens (tertiary/aromatic N) is 2. The topological polar surface area (TPSA) is 68.1 Å².